The lowest BCUT2D eigenvalue weighted by Gasteiger charge is -2.22. The zero-order chi connectivity index (χ0) is 22.3. The number of fused-ring (bicyclic) bond motifs is 1. The van der Waals surface area contributed by atoms with E-state index in [0.717, 1.165) is 17.5 Å². The van der Waals surface area contributed by atoms with Crippen molar-refractivity contribution in [1.82, 2.24) is 15.1 Å². The Morgan fingerprint density at radius 1 is 1.27 bits per heavy atom. The van der Waals surface area contributed by atoms with E-state index in [-0.39, 0.29) is 6.54 Å². The number of halogens is 5. The monoisotopic (exact) mass is 435 g/mol. The molecular formula is C18H18F5N3O4. The summed E-state index contributed by atoms with van der Waals surface area (Å²) in [6, 6.07) is 9.90. The Morgan fingerprint density at radius 3 is 2.47 bits per heavy atom. The van der Waals surface area contributed by atoms with E-state index >= 15 is 0 Å². The van der Waals surface area contributed by atoms with Crippen LogP contribution in [0.3, 0.4) is 0 Å². The molecule has 0 bridgehead atoms. The Labute approximate surface area is 167 Å². The number of nitrogens with one attached hydrogen (secondary N) is 1. The van der Waals surface area contributed by atoms with Gasteiger partial charge in [0, 0.05) is 12.7 Å². The molecule has 1 aliphatic heterocycles. The summed E-state index contributed by atoms with van der Waals surface area (Å²) in [5, 5.41) is 13.8. The van der Waals surface area contributed by atoms with Gasteiger partial charge in [-0.2, -0.15) is 27.1 Å². The van der Waals surface area contributed by atoms with Crippen LogP contribution in [-0.4, -0.2) is 52.5 Å². The molecular weight excluding hydrogens is 417 g/mol. The average Bonchev–Trinajstić information content (AvgIpc) is 3.09. The molecule has 1 amide bonds. The second kappa shape index (κ2) is 10.1. The molecule has 0 spiro atoms. The molecule has 7 nitrogen and oxygen atoms in total. The zero-order valence-corrected chi connectivity index (χ0v) is 15.4. The number of hydrogen-bond acceptors (Lipinski definition) is 4. The molecule has 0 aliphatic carbocycles. The Balaban J connectivity index is 0.000000396. The first kappa shape index (κ1) is 23.3. The van der Waals surface area contributed by atoms with Crippen molar-refractivity contribution in [3.8, 4) is 0 Å². The molecule has 0 radical (unpaired) electrons. The summed E-state index contributed by atoms with van der Waals surface area (Å²) in [5.41, 5.74) is 2.86. The number of benzene rings is 1. The van der Waals surface area contributed by atoms with Crippen LogP contribution in [0, 0.1) is 0 Å². The van der Waals surface area contributed by atoms with E-state index in [2.05, 4.69) is 10.4 Å². The van der Waals surface area contributed by atoms with Crippen molar-refractivity contribution in [2.24, 2.45) is 0 Å². The lowest BCUT2D eigenvalue weighted by atomic mass is 10.1. The second-order valence-corrected chi connectivity index (χ2v) is 6.18. The van der Waals surface area contributed by atoms with Crippen molar-refractivity contribution in [2.45, 2.75) is 31.7 Å². The predicted octanol–water partition coefficient (Wildman–Crippen LogP) is 2.56. The van der Waals surface area contributed by atoms with Gasteiger partial charge >= 0.3 is 18.6 Å². The molecule has 1 atom stereocenters. The van der Waals surface area contributed by atoms with Gasteiger partial charge in [-0.05, 0) is 17.5 Å². The van der Waals surface area contributed by atoms with Crippen molar-refractivity contribution >= 4 is 11.9 Å². The molecule has 2 aromatic rings. The van der Waals surface area contributed by atoms with Gasteiger partial charge in [0.15, 0.2) is 0 Å². The molecule has 12 heteroatoms. The number of carboxylic acid groups (broad SMARTS) is 1. The van der Waals surface area contributed by atoms with Crippen LogP contribution in [0.15, 0.2) is 36.5 Å². The molecule has 2 N–H and O–H groups in total. The second-order valence-electron chi connectivity index (χ2n) is 6.18. The van der Waals surface area contributed by atoms with Gasteiger partial charge in [-0.1, -0.05) is 30.3 Å². The number of nitrogens with zero attached hydrogens (tertiary/aromatic N) is 2. The summed E-state index contributed by atoms with van der Waals surface area (Å²) in [5.74, 6) is -4.04. The van der Waals surface area contributed by atoms with Crippen molar-refractivity contribution in [3.05, 3.63) is 53.3 Å². The fraction of sp³-hybridized carbons (Fsp3) is 0.389. The fourth-order valence-electron chi connectivity index (χ4n) is 2.61. The summed E-state index contributed by atoms with van der Waals surface area (Å²) in [4.78, 5) is 19.9. The molecule has 0 saturated carbocycles. The maximum absolute atomic E-state index is 12.3. The first-order chi connectivity index (χ1) is 14.1. The molecule has 30 heavy (non-hydrogen) atoms. The number of amides is 1. The van der Waals surface area contributed by atoms with Crippen LogP contribution < -0.4 is 5.32 Å². The van der Waals surface area contributed by atoms with Gasteiger partial charge in [-0.15, -0.1) is 0 Å². The third-order valence-electron chi connectivity index (χ3n) is 3.96. The van der Waals surface area contributed by atoms with Crippen LogP contribution in [-0.2, 0) is 27.3 Å². The van der Waals surface area contributed by atoms with Crippen molar-refractivity contribution < 1.29 is 41.4 Å². The molecule has 1 aromatic heterocycles. The summed E-state index contributed by atoms with van der Waals surface area (Å²) in [7, 11) is 0. The number of carbonyl (C=O) groups is 2. The number of aliphatic carboxylic acids is 1. The first-order valence-electron chi connectivity index (χ1n) is 8.65. The van der Waals surface area contributed by atoms with E-state index in [0.29, 0.717) is 18.8 Å². The van der Waals surface area contributed by atoms with E-state index in [1.54, 1.807) is 0 Å². The minimum absolute atomic E-state index is 0.00146. The third kappa shape index (κ3) is 6.79. The Bertz CT molecular complexity index is 855. The van der Waals surface area contributed by atoms with E-state index in [1.165, 1.54) is 0 Å². The number of ether oxygens (including phenoxy) is 1. The first-order valence-corrected chi connectivity index (χ1v) is 8.65. The molecule has 0 fully saturated rings. The Kier molecular flexibility index (Phi) is 7.86. The number of alkyl halides is 5. The van der Waals surface area contributed by atoms with E-state index in [9.17, 15) is 26.7 Å². The van der Waals surface area contributed by atoms with Crippen molar-refractivity contribution in [1.29, 1.82) is 0 Å². The average molecular weight is 435 g/mol. The van der Waals surface area contributed by atoms with Gasteiger partial charge in [0.2, 0.25) is 0 Å². The molecule has 3 rings (SSSR count). The summed E-state index contributed by atoms with van der Waals surface area (Å²) >= 11 is 0. The number of aromatic nitrogens is 2. The highest BCUT2D eigenvalue weighted by Gasteiger charge is 2.38. The van der Waals surface area contributed by atoms with Gasteiger partial charge < -0.3 is 15.2 Å². The number of rotatable bonds is 5. The molecule has 1 aromatic carbocycles. The van der Waals surface area contributed by atoms with Crippen molar-refractivity contribution in [3.63, 3.8) is 0 Å². The maximum Gasteiger partial charge on any atom is 0.490 e. The predicted molar refractivity (Wildman–Crippen MR) is 92.9 cm³/mol. The van der Waals surface area contributed by atoms with Crippen LogP contribution in [0.4, 0.5) is 22.0 Å². The molecule has 1 unspecified atom stereocenters. The summed E-state index contributed by atoms with van der Waals surface area (Å²) < 4.78 is 63.6. The van der Waals surface area contributed by atoms with Crippen LogP contribution in [0.5, 0.6) is 0 Å². The standard InChI is InChI=1S/C16H17F2N3O2.C2HF3O2/c17-15(18)16(22)19-8-13-14-12(6-7-23-13)10-21(20-14)9-11-4-2-1-3-5-11;3-2(4,5)1(6)7/h1-5,10,13,15H,6-9H2,(H,19,22);(H,6,7). The highest BCUT2D eigenvalue weighted by atomic mass is 19.4. The third-order valence-corrected chi connectivity index (χ3v) is 3.96. The highest BCUT2D eigenvalue weighted by molar-refractivity contribution is 5.79. The van der Waals surface area contributed by atoms with E-state index in [4.69, 9.17) is 14.6 Å². The molecule has 2 heterocycles. The van der Waals surface area contributed by atoms with E-state index in [1.807, 2.05) is 41.2 Å². The highest BCUT2D eigenvalue weighted by Crippen LogP contribution is 2.25. The number of hydrogen-bond donors (Lipinski definition) is 2. The summed E-state index contributed by atoms with van der Waals surface area (Å²) in [6.07, 6.45) is -5.91. The van der Waals surface area contributed by atoms with E-state index < -0.39 is 30.6 Å². The molecule has 164 valence electrons. The fourth-order valence-corrected chi connectivity index (χ4v) is 2.61. The maximum atomic E-state index is 12.3. The van der Waals surface area contributed by atoms with Crippen LogP contribution in [0.1, 0.15) is 22.9 Å². The minimum Gasteiger partial charge on any atom is -0.475 e. The van der Waals surface area contributed by atoms with Gasteiger partial charge in [0.1, 0.15) is 6.10 Å². The van der Waals surface area contributed by atoms with Crippen LogP contribution >= 0.6 is 0 Å². The summed E-state index contributed by atoms with van der Waals surface area (Å²) in [6.45, 7) is 1.11. The lowest BCUT2D eigenvalue weighted by molar-refractivity contribution is -0.192. The Morgan fingerprint density at radius 2 is 1.90 bits per heavy atom. The quantitative estimate of drug-likeness (QED) is 0.705. The van der Waals surface area contributed by atoms with Gasteiger partial charge in [0.25, 0.3) is 5.91 Å². The van der Waals surface area contributed by atoms with Gasteiger partial charge in [-0.3, -0.25) is 9.48 Å². The van der Waals surface area contributed by atoms with Gasteiger partial charge in [-0.25, -0.2) is 4.79 Å². The normalized spacial score (nSPS) is 15.7. The molecule has 0 saturated heterocycles. The smallest absolute Gasteiger partial charge is 0.475 e. The SMILES string of the molecule is O=C(NCC1OCCc2cn(Cc3ccccc3)nc21)C(F)F.O=C(O)C(F)(F)F. The zero-order valence-electron chi connectivity index (χ0n) is 15.4. The molecule has 1 aliphatic rings. The van der Waals surface area contributed by atoms with Crippen molar-refractivity contribution in [2.75, 3.05) is 13.2 Å². The number of carbonyl (C=O) groups excluding carboxylic acids is 1. The Hall–Kier alpha value is -3.02. The largest absolute Gasteiger partial charge is 0.490 e. The van der Waals surface area contributed by atoms with Crippen LogP contribution in [0.2, 0.25) is 0 Å². The lowest BCUT2D eigenvalue weighted by Crippen LogP contribution is -2.35. The number of carboxylic acids is 1. The minimum atomic E-state index is -5.08. The van der Waals surface area contributed by atoms with Gasteiger partial charge in [0.05, 0.1) is 18.8 Å². The topological polar surface area (TPSA) is 93.5 Å². The van der Waals surface area contributed by atoms with Crippen LogP contribution in [0.25, 0.3) is 0 Å².